The van der Waals surface area contributed by atoms with Gasteiger partial charge in [-0.3, -0.25) is 14.7 Å². The first-order valence-corrected chi connectivity index (χ1v) is 15.2. The van der Waals surface area contributed by atoms with Gasteiger partial charge in [0.15, 0.2) is 0 Å². The summed E-state index contributed by atoms with van der Waals surface area (Å²) in [5, 5.41) is 0. The maximum absolute atomic E-state index is 13.3. The fraction of sp³-hybridized carbons (Fsp3) is 0.379. The second-order valence-electron chi connectivity index (χ2n) is 11.3. The molecule has 0 bridgehead atoms. The van der Waals surface area contributed by atoms with Crippen molar-refractivity contribution in [2.45, 2.75) is 70.1 Å². The van der Waals surface area contributed by atoms with Crippen LogP contribution in [-0.2, 0) is 30.7 Å². The number of nitrogens with zero attached hydrogens (tertiary/aromatic N) is 3. The molecule has 0 aliphatic heterocycles. The molecule has 1 N–H and O–H groups in total. The number of halogens is 1. The van der Waals surface area contributed by atoms with Crippen LogP contribution >= 0.6 is 15.9 Å². The Morgan fingerprint density at radius 2 is 1.61 bits per heavy atom. The van der Waals surface area contributed by atoms with Crippen molar-refractivity contribution in [1.82, 2.24) is 14.7 Å². The van der Waals surface area contributed by atoms with E-state index in [1.807, 2.05) is 24.3 Å². The lowest BCUT2D eigenvalue weighted by Crippen LogP contribution is -2.42. The Labute approximate surface area is 249 Å². The van der Waals surface area contributed by atoms with Crippen molar-refractivity contribution in [2.24, 2.45) is 0 Å². The van der Waals surface area contributed by atoms with Crippen LogP contribution in [0.1, 0.15) is 58.8 Å². The number of pyridine rings is 2. The van der Waals surface area contributed by atoms with Crippen molar-refractivity contribution in [3.05, 3.63) is 82.7 Å². The molecule has 2 aromatic heterocycles. The van der Waals surface area contributed by atoms with Crippen LogP contribution in [0, 0.1) is 0 Å². The standard InChI is InChI=1S/C29H35BrN4O6S/c1-28(2,3)39-26(35)19-34(27(36)40-29(4,5)6)25-11-7-10-23(32-25)24(17-20-12-14-21(30)15-13-20)33-41(37,38)22-9-8-16-31-18-22/h7-16,18,24,33H,17,19H2,1-6H3. The highest BCUT2D eigenvalue weighted by molar-refractivity contribution is 9.10. The molecule has 0 saturated carbocycles. The fourth-order valence-electron chi connectivity index (χ4n) is 3.67. The molecule has 220 valence electrons. The average Bonchev–Trinajstić information content (AvgIpc) is 2.86. The van der Waals surface area contributed by atoms with Crippen molar-refractivity contribution < 1.29 is 27.5 Å². The lowest BCUT2D eigenvalue weighted by molar-refractivity contribution is -0.153. The number of carbonyl (C=O) groups excluding carboxylic acids is 2. The number of aromatic nitrogens is 2. The number of amides is 1. The minimum absolute atomic E-state index is 0.00253. The summed E-state index contributed by atoms with van der Waals surface area (Å²) in [5.74, 6) is -0.553. The topological polar surface area (TPSA) is 128 Å². The van der Waals surface area contributed by atoms with Gasteiger partial charge in [-0.15, -0.1) is 0 Å². The Hall–Kier alpha value is -3.35. The third kappa shape index (κ3) is 10.2. The Kier molecular flexibility index (Phi) is 10.3. The summed E-state index contributed by atoms with van der Waals surface area (Å²) in [7, 11) is -3.99. The Balaban J connectivity index is 2.03. The van der Waals surface area contributed by atoms with Crippen LogP contribution in [0.15, 0.2) is 76.4 Å². The van der Waals surface area contributed by atoms with Gasteiger partial charge in [0.1, 0.15) is 28.5 Å². The molecule has 1 unspecified atom stereocenters. The van der Waals surface area contributed by atoms with E-state index in [4.69, 9.17) is 9.47 Å². The second kappa shape index (κ2) is 13.1. The first-order chi connectivity index (χ1) is 19.0. The summed E-state index contributed by atoms with van der Waals surface area (Å²) in [6.45, 7) is 9.85. The molecule has 0 aliphatic rings. The Morgan fingerprint density at radius 3 is 2.20 bits per heavy atom. The van der Waals surface area contributed by atoms with Gasteiger partial charge in [-0.25, -0.2) is 22.9 Å². The highest BCUT2D eigenvalue weighted by Crippen LogP contribution is 2.25. The first kappa shape index (κ1) is 32.2. The van der Waals surface area contributed by atoms with Gasteiger partial charge in [0, 0.05) is 16.9 Å². The highest BCUT2D eigenvalue weighted by Gasteiger charge is 2.30. The number of hydrogen-bond acceptors (Lipinski definition) is 8. The number of rotatable bonds is 9. The van der Waals surface area contributed by atoms with Crippen LogP contribution in [0.25, 0.3) is 0 Å². The molecular formula is C29H35BrN4O6S. The number of carbonyl (C=O) groups is 2. The molecule has 1 amide bonds. The Bertz CT molecular complexity index is 1450. The van der Waals surface area contributed by atoms with Crippen molar-refractivity contribution in [3.63, 3.8) is 0 Å². The molecule has 10 nitrogen and oxygen atoms in total. The normalized spacial score (nSPS) is 12.9. The largest absolute Gasteiger partial charge is 0.459 e. The number of hydrogen-bond donors (Lipinski definition) is 1. The summed E-state index contributed by atoms with van der Waals surface area (Å²) in [6, 6.07) is 14.4. The van der Waals surface area contributed by atoms with Gasteiger partial charge >= 0.3 is 12.1 Å². The molecule has 0 spiro atoms. The molecular weight excluding hydrogens is 612 g/mol. The van der Waals surface area contributed by atoms with Crippen molar-refractivity contribution in [1.29, 1.82) is 0 Å². The fourth-order valence-corrected chi connectivity index (χ4v) is 5.10. The van der Waals surface area contributed by atoms with E-state index < -0.39 is 45.9 Å². The highest BCUT2D eigenvalue weighted by atomic mass is 79.9. The minimum Gasteiger partial charge on any atom is -0.459 e. The van der Waals surface area contributed by atoms with Crippen LogP contribution in [0.4, 0.5) is 10.6 Å². The molecule has 0 aliphatic carbocycles. The molecule has 2 heterocycles. The SMILES string of the molecule is CC(C)(C)OC(=O)CN(C(=O)OC(C)(C)C)c1cccc(C(Cc2ccc(Br)cc2)NS(=O)(=O)c2cccnc2)n1. The van der Waals surface area contributed by atoms with Crippen LogP contribution in [0.2, 0.25) is 0 Å². The van der Waals surface area contributed by atoms with E-state index in [1.54, 1.807) is 59.7 Å². The molecule has 1 aromatic carbocycles. The molecule has 0 saturated heterocycles. The monoisotopic (exact) mass is 646 g/mol. The first-order valence-electron chi connectivity index (χ1n) is 12.9. The smallest absolute Gasteiger partial charge is 0.416 e. The number of anilines is 1. The summed E-state index contributed by atoms with van der Waals surface area (Å²) in [5.41, 5.74) is -0.441. The zero-order chi connectivity index (χ0) is 30.4. The zero-order valence-electron chi connectivity index (χ0n) is 23.9. The van der Waals surface area contributed by atoms with Crippen LogP contribution in [0.5, 0.6) is 0 Å². The van der Waals surface area contributed by atoms with Crippen LogP contribution in [-0.4, -0.2) is 48.2 Å². The number of esters is 1. The van der Waals surface area contributed by atoms with Gasteiger partial charge in [-0.1, -0.05) is 34.1 Å². The lowest BCUT2D eigenvalue weighted by atomic mass is 10.0. The molecule has 0 fully saturated rings. The minimum atomic E-state index is -3.99. The molecule has 41 heavy (non-hydrogen) atoms. The molecule has 12 heteroatoms. The van der Waals surface area contributed by atoms with E-state index in [2.05, 4.69) is 30.6 Å². The summed E-state index contributed by atoms with van der Waals surface area (Å²) >= 11 is 3.42. The average molecular weight is 648 g/mol. The van der Waals surface area contributed by atoms with E-state index in [0.717, 1.165) is 14.9 Å². The molecule has 3 aromatic rings. The van der Waals surface area contributed by atoms with Gasteiger partial charge < -0.3 is 9.47 Å². The van der Waals surface area contributed by atoms with Gasteiger partial charge in [-0.2, -0.15) is 0 Å². The maximum atomic E-state index is 13.3. The van der Waals surface area contributed by atoms with Gasteiger partial charge in [0.05, 0.1) is 11.7 Å². The van der Waals surface area contributed by atoms with E-state index in [0.29, 0.717) is 5.69 Å². The van der Waals surface area contributed by atoms with E-state index in [-0.39, 0.29) is 17.1 Å². The molecule has 1 atom stereocenters. The van der Waals surface area contributed by atoms with Crippen molar-refractivity contribution >= 4 is 43.8 Å². The predicted molar refractivity (Wildman–Crippen MR) is 159 cm³/mol. The van der Waals surface area contributed by atoms with Crippen LogP contribution in [0.3, 0.4) is 0 Å². The second-order valence-corrected chi connectivity index (χ2v) is 13.9. The number of nitrogens with one attached hydrogen (secondary N) is 1. The molecule has 3 rings (SSSR count). The predicted octanol–water partition coefficient (Wildman–Crippen LogP) is 5.58. The number of ether oxygens (including phenoxy) is 2. The van der Waals surface area contributed by atoms with E-state index in [9.17, 15) is 18.0 Å². The maximum Gasteiger partial charge on any atom is 0.416 e. The quantitative estimate of drug-likeness (QED) is 0.298. The van der Waals surface area contributed by atoms with Crippen molar-refractivity contribution in [2.75, 3.05) is 11.4 Å². The number of benzene rings is 1. The van der Waals surface area contributed by atoms with Crippen molar-refractivity contribution in [3.8, 4) is 0 Å². The summed E-state index contributed by atoms with van der Waals surface area (Å²) in [4.78, 5) is 35.6. The summed E-state index contributed by atoms with van der Waals surface area (Å²) in [6.07, 6.45) is 2.20. The third-order valence-corrected chi connectivity index (χ3v) is 7.29. The van der Waals surface area contributed by atoms with Gasteiger partial charge in [-0.05, 0) is 89.9 Å². The van der Waals surface area contributed by atoms with Gasteiger partial charge in [0.2, 0.25) is 10.0 Å². The van der Waals surface area contributed by atoms with E-state index in [1.165, 1.54) is 24.5 Å². The molecule has 0 radical (unpaired) electrons. The lowest BCUT2D eigenvalue weighted by Gasteiger charge is -2.28. The summed E-state index contributed by atoms with van der Waals surface area (Å²) < 4.78 is 41.2. The number of sulfonamides is 1. The zero-order valence-corrected chi connectivity index (χ0v) is 26.3. The third-order valence-electron chi connectivity index (χ3n) is 5.31. The van der Waals surface area contributed by atoms with E-state index >= 15 is 0 Å². The van der Waals surface area contributed by atoms with Gasteiger partial charge in [0.25, 0.3) is 0 Å². The van der Waals surface area contributed by atoms with Crippen LogP contribution < -0.4 is 9.62 Å². The Morgan fingerprint density at radius 1 is 0.951 bits per heavy atom.